The maximum Gasteiger partial charge on any atom is 0.338 e. The molecule has 0 saturated carbocycles. The van der Waals surface area contributed by atoms with Gasteiger partial charge in [0.1, 0.15) is 0 Å². The van der Waals surface area contributed by atoms with Gasteiger partial charge in [-0.15, -0.1) is 0 Å². The third-order valence-electron chi connectivity index (χ3n) is 4.98. The van der Waals surface area contributed by atoms with Crippen molar-refractivity contribution in [2.75, 3.05) is 11.5 Å². The molecule has 2 atom stereocenters. The van der Waals surface area contributed by atoms with Gasteiger partial charge in [-0.05, 0) is 57.9 Å². The monoisotopic (exact) mass is 327 g/mol. The van der Waals surface area contributed by atoms with Gasteiger partial charge in [-0.3, -0.25) is 14.5 Å². The fraction of sp³-hybridized carbons (Fsp3) is 0.421. The summed E-state index contributed by atoms with van der Waals surface area (Å²) in [7, 11) is 0. The Labute approximate surface area is 141 Å². The number of carbonyl (C=O) groups excluding carboxylic acids is 3. The summed E-state index contributed by atoms with van der Waals surface area (Å²) in [6, 6.07) is 6.44. The maximum atomic E-state index is 12.7. The first kappa shape index (κ1) is 16.4. The minimum atomic E-state index is -0.410. The Morgan fingerprint density at radius 2 is 1.54 bits per heavy atom. The van der Waals surface area contributed by atoms with Gasteiger partial charge in [-0.1, -0.05) is 11.1 Å². The summed E-state index contributed by atoms with van der Waals surface area (Å²) in [5.74, 6) is -1.20. The molecule has 0 spiro atoms. The lowest BCUT2D eigenvalue weighted by molar-refractivity contribution is -0.122. The lowest BCUT2D eigenvalue weighted by atomic mass is 9.78. The normalized spacial score (nSPS) is 23.5. The quantitative estimate of drug-likeness (QED) is 0.486. The molecule has 3 rings (SSSR count). The minimum absolute atomic E-state index is 0.138. The number of ether oxygens (including phenoxy) is 1. The molecule has 1 aliphatic heterocycles. The predicted molar refractivity (Wildman–Crippen MR) is 89.5 cm³/mol. The Morgan fingerprint density at radius 1 is 1.04 bits per heavy atom. The van der Waals surface area contributed by atoms with Gasteiger partial charge in [0.05, 0.1) is 29.7 Å². The number of allylic oxidation sites excluding steroid dienone is 2. The van der Waals surface area contributed by atoms with Gasteiger partial charge in [-0.2, -0.15) is 0 Å². The molecule has 0 radical (unpaired) electrons. The van der Waals surface area contributed by atoms with Crippen LogP contribution in [0.25, 0.3) is 0 Å². The van der Waals surface area contributed by atoms with Crippen molar-refractivity contribution >= 4 is 23.5 Å². The van der Waals surface area contributed by atoms with Crippen molar-refractivity contribution in [1.82, 2.24) is 0 Å². The fourth-order valence-corrected chi connectivity index (χ4v) is 3.47. The zero-order valence-corrected chi connectivity index (χ0v) is 14.2. The Hall–Kier alpha value is -2.43. The lowest BCUT2D eigenvalue weighted by Gasteiger charge is -2.23. The molecule has 1 heterocycles. The molecule has 0 N–H and O–H groups in total. The average Bonchev–Trinajstić information content (AvgIpc) is 2.79. The molecule has 1 aromatic carbocycles. The van der Waals surface area contributed by atoms with Crippen LogP contribution < -0.4 is 4.90 Å². The van der Waals surface area contributed by atoms with E-state index >= 15 is 0 Å². The topological polar surface area (TPSA) is 63.7 Å². The number of rotatable bonds is 3. The first-order chi connectivity index (χ1) is 11.4. The minimum Gasteiger partial charge on any atom is -0.462 e. The van der Waals surface area contributed by atoms with Crippen LogP contribution in [0, 0.1) is 11.8 Å². The van der Waals surface area contributed by atoms with Crippen LogP contribution in [0.4, 0.5) is 5.69 Å². The average molecular weight is 327 g/mol. The summed E-state index contributed by atoms with van der Waals surface area (Å²) in [6.45, 7) is 6.10. The van der Waals surface area contributed by atoms with Crippen LogP contribution in [0.1, 0.15) is 44.0 Å². The number of nitrogens with zero attached hydrogens (tertiary/aromatic N) is 1. The van der Waals surface area contributed by atoms with E-state index in [1.807, 2.05) is 13.8 Å². The van der Waals surface area contributed by atoms with Crippen LogP contribution >= 0.6 is 0 Å². The standard InChI is InChI=1S/C19H21NO4/c1-4-24-19(23)13-5-7-14(8-6-13)20-17(21)15-9-11(2)12(3)10-16(15)18(20)22/h5-8,15-16H,4,9-10H2,1-3H3/t15-,16-/m1/s1. The molecule has 1 saturated heterocycles. The summed E-state index contributed by atoms with van der Waals surface area (Å²) in [5, 5.41) is 0. The van der Waals surface area contributed by atoms with Crippen LogP contribution in [0.5, 0.6) is 0 Å². The van der Waals surface area contributed by atoms with E-state index < -0.39 is 5.97 Å². The molecule has 1 aliphatic carbocycles. The van der Waals surface area contributed by atoms with E-state index in [1.165, 1.54) is 16.0 Å². The van der Waals surface area contributed by atoms with Crippen LogP contribution in [-0.2, 0) is 14.3 Å². The summed E-state index contributed by atoms with van der Waals surface area (Å²) >= 11 is 0. The van der Waals surface area contributed by atoms with E-state index in [0.717, 1.165) is 0 Å². The lowest BCUT2D eigenvalue weighted by Crippen LogP contribution is -2.30. The summed E-state index contributed by atoms with van der Waals surface area (Å²) < 4.78 is 4.94. The Bertz CT molecular complexity index is 700. The van der Waals surface area contributed by atoms with Crippen molar-refractivity contribution in [3.63, 3.8) is 0 Å². The predicted octanol–water partition coefficient (Wildman–Crippen LogP) is 3.10. The number of fused-ring (bicyclic) bond motifs is 1. The second-order valence-electron chi connectivity index (χ2n) is 6.46. The number of benzene rings is 1. The highest BCUT2D eigenvalue weighted by molar-refractivity contribution is 6.22. The number of anilines is 1. The van der Waals surface area contributed by atoms with Crippen molar-refractivity contribution in [3.8, 4) is 0 Å². The molecule has 0 aromatic heterocycles. The van der Waals surface area contributed by atoms with E-state index in [2.05, 4.69) is 0 Å². The number of carbonyl (C=O) groups is 3. The first-order valence-electron chi connectivity index (χ1n) is 8.24. The largest absolute Gasteiger partial charge is 0.462 e. The molecule has 24 heavy (non-hydrogen) atoms. The second kappa shape index (κ2) is 6.23. The molecule has 0 unspecified atom stereocenters. The highest BCUT2D eigenvalue weighted by atomic mass is 16.5. The molecule has 126 valence electrons. The van der Waals surface area contributed by atoms with Gasteiger partial charge >= 0.3 is 5.97 Å². The van der Waals surface area contributed by atoms with Gasteiger partial charge < -0.3 is 4.74 Å². The van der Waals surface area contributed by atoms with Gasteiger partial charge in [0.15, 0.2) is 0 Å². The highest BCUT2D eigenvalue weighted by Crippen LogP contribution is 2.42. The third-order valence-corrected chi connectivity index (χ3v) is 4.98. The van der Waals surface area contributed by atoms with E-state index in [4.69, 9.17) is 4.74 Å². The number of hydrogen-bond acceptors (Lipinski definition) is 4. The van der Waals surface area contributed by atoms with Crippen LogP contribution in [0.2, 0.25) is 0 Å². The number of esters is 1. The molecule has 2 amide bonds. The smallest absolute Gasteiger partial charge is 0.338 e. The number of imide groups is 1. The van der Waals surface area contributed by atoms with Gasteiger partial charge in [0.2, 0.25) is 11.8 Å². The Kier molecular flexibility index (Phi) is 4.26. The van der Waals surface area contributed by atoms with Gasteiger partial charge in [0, 0.05) is 0 Å². The molecule has 5 heteroatoms. The van der Waals surface area contributed by atoms with Crippen molar-refractivity contribution in [2.24, 2.45) is 11.8 Å². The fourth-order valence-electron chi connectivity index (χ4n) is 3.47. The molecular formula is C19H21NO4. The molecular weight excluding hydrogens is 306 g/mol. The maximum absolute atomic E-state index is 12.7. The van der Waals surface area contributed by atoms with Crippen LogP contribution in [0.15, 0.2) is 35.4 Å². The van der Waals surface area contributed by atoms with Crippen LogP contribution in [-0.4, -0.2) is 24.4 Å². The molecule has 0 bridgehead atoms. The summed E-state index contributed by atoms with van der Waals surface area (Å²) in [6.07, 6.45) is 1.30. The Balaban J connectivity index is 1.85. The zero-order chi connectivity index (χ0) is 17.4. The second-order valence-corrected chi connectivity index (χ2v) is 6.46. The highest BCUT2D eigenvalue weighted by Gasteiger charge is 2.49. The third kappa shape index (κ3) is 2.64. The SMILES string of the molecule is CCOC(=O)c1ccc(N2C(=O)[C@@H]3CC(C)=C(C)C[C@H]3C2=O)cc1. The zero-order valence-electron chi connectivity index (χ0n) is 14.2. The van der Waals surface area contributed by atoms with Crippen molar-refractivity contribution < 1.29 is 19.1 Å². The molecule has 1 fully saturated rings. The number of hydrogen-bond donors (Lipinski definition) is 0. The van der Waals surface area contributed by atoms with Crippen molar-refractivity contribution in [2.45, 2.75) is 33.6 Å². The molecule has 2 aliphatic rings. The summed E-state index contributed by atoms with van der Waals surface area (Å²) in [5.41, 5.74) is 3.34. The van der Waals surface area contributed by atoms with E-state index in [9.17, 15) is 14.4 Å². The Morgan fingerprint density at radius 3 is 2.00 bits per heavy atom. The first-order valence-corrected chi connectivity index (χ1v) is 8.24. The summed E-state index contributed by atoms with van der Waals surface area (Å²) in [4.78, 5) is 38.4. The van der Waals surface area contributed by atoms with Crippen molar-refractivity contribution in [1.29, 1.82) is 0 Å². The van der Waals surface area contributed by atoms with E-state index in [0.29, 0.717) is 30.7 Å². The number of amides is 2. The molecule has 5 nitrogen and oxygen atoms in total. The van der Waals surface area contributed by atoms with E-state index in [-0.39, 0.29) is 23.7 Å². The van der Waals surface area contributed by atoms with E-state index in [1.54, 1.807) is 31.2 Å². The van der Waals surface area contributed by atoms with Crippen LogP contribution in [0.3, 0.4) is 0 Å². The van der Waals surface area contributed by atoms with Gasteiger partial charge in [-0.25, -0.2) is 4.79 Å². The van der Waals surface area contributed by atoms with Crippen molar-refractivity contribution in [3.05, 3.63) is 41.0 Å². The molecule has 1 aromatic rings. The van der Waals surface area contributed by atoms with Gasteiger partial charge in [0.25, 0.3) is 0 Å².